The van der Waals surface area contributed by atoms with E-state index in [9.17, 15) is 4.79 Å². The van der Waals surface area contributed by atoms with Gasteiger partial charge in [-0.25, -0.2) is 0 Å². The zero-order chi connectivity index (χ0) is 12.8. The van der Waals surface area contributed by atoms with Crippen LogP contribution in [0.4, 0.5) is 0 Å². The second kappa shape index (κ2) is 6.22. The van der Waals surface area contributed by atoms with Gasteiger partial charge < -0.3 is 10.4 Å². The van der Waals surface area contributed by atoms with Gasteiger partial charge in [-0.05, 0) is 34.7 Å². The van der Waals surface area contributed by atoms with Crippen LogP contribution < -0.4 is 5.32 Å². The average molecular weight is 267 g/mol. The fourth-order valence-electron chi connectivity index (χ4n) is 1.44. The molecule has 0 saturated heterocycles. The Labute approximate surface area is 107 Å². The molecule has 0 spiro atoms. The molecule has 2 aromatic heterocycles. The monoisotopic (exact) mass is 267 g/mol. The second-order valence-electron chi connectivity index (χ2n) is 3.58. The Bertz CT molecular complexity index is 496. The van der Waals surface area contributed by atoms with Crippen molar-refractivity contribution in [3.05, 3.63) is 22.7 Å². The van der Waals surface area contributed by atoms with Crippen LogP contribution in [0.5, 0.6) is 0 Å². The summed E-state index contributed by atoms with van der Waals surface area (Å²) < 4.78 is 1.46. The van der Waals surface area contributed by atoms with Crippen molar-refractivity contribution in [1.82, 2.24) is 25.5 Å². The van der Waals surface area contributed by atoms with Gasteiger partial charge in [0.2, 0.25) is 0 Å². The number of aromatic nitrogens is 4. The van der Waals surface area contributed by atoms with Crippen LogP contribution >= 0.6 is 11.3 Å². The molecule has 0 bridgehead atoms. The number of nitrogens with zero attached hydrogens (tertiary/aromatic N) is 4. The summed E-state index contributed by atoms with van der Waals surface area (Å²) in [4.78, 5) is 12.5. The van der Waals surface area contributed by atoms with Gasteiger partial charge >= 0.3 is 0 Å². The molecule has 0 aromatic carbocycles. The maximum atomic E-state index is 11.9. The molecule has 96 valence electrons. The SMILES string of the molecule is O=C(NCCCCO)c1sccc1-n1cnnn1. The predicted molar refractivity (Wildman–Crippen MR) is 65.7 cm³/mol. The molecule has 0 unspecified atom stereocenters. The van der Waals surface area contributed by atoms with Crippen molar-refractivity contribution in [2.24, 2.45) is 0 Å². The summed E-state index contributed by atoms with van der Waals surface area (Å²) in [5.74, 6) is -0.145. The molecule has 0 atom stereocenters. The number of hydrogen-bond donors (Lipinski definition) is 2. The molecule has 0 aliphatic carbocycles. The summed E-state index contributed by atoms with van der Waals surface area (Å²) in [5, 5.41) is 24.1. The third-order valence-corrected chi connectivity index (χ3v) is 3.22. The molecular weight excluding hydrogens is 254 g/mol. The minimum Gasteiger partial charge on any atom is -0.396 e. The highest BCUT2D eigenvalue weighted by molar-refractivity contribution is 7.12. The topological polar surface area (TPSA) is 92.9 Å². The van der Waals surface area contributed by atoms with Crippen LogP contribution in [0.15, 0.2) is 17.8 Å². The van der Waals surface area contributed by atoms with E-state index in [1.54, 1.807) is 6.07 Å². The fraction of sp³-hybridized carbons (Fsp3) is 0.400. The van der Waals surface area contributed by atoms with Crippen molar-refractivity contribution < 1.29 is 9.90 Å². The number of aliphatic hydroxyl groups excluding tert-OH is 1. The molecule has 0 aliphatic rings. The van der Waals surface area contributed by atoms with Gasteiger partial charge in [0.05, 0.1) is 5.69 Å². The van der Waals surface area contributed by atoms with Crippen LogP contribution in [0, 0.1) is 0 Å². The van der Waals surface area contributed by atoms with Crippen molar-refractivity contribution in [2.45, 2.75) is 12.8 Å². The first-order valence-corrected chi connectivity index (χ1v) is 6.41. The smallest absolute Gasteiger partial charge is 0.263 e. The van der Waals surface area contributed by atoms with Crippen LogP contribution in [0.25, 0.3) is 5.69 Å². The Balaban J connectivity index is 2.01. The zero-order valence-electron chi connectivity index (χ0n) is 9.61. The molecule has 7 nitrogen and oxygen atoms in total. The van der Waals surface area contributed by atoms with Gasteiger partial charge in [-0.15, -0.1) is 16.4 Å². The summed E-state index contributed by atoms with van der Waals surface area (Å²) in [6.07, 6.45) is 2.89. The minimum atomic E-state index is -0.145. The molecule has 2 N–H and O–H groups in total. The summed E-state index contributed by atoms with van der Waals surface area (Å²) in [5.41, 5.74) is 0.671. The van der Waals surface area contributed by atoms with Gasteiger partial charge in [-0.2, -0.15) is 4.68 Å². The summed E-state index contributed by atoms with van der Waals surface area (Å²) in [6, 6.07) is 1.80. The van der Waals surface area contributed by atoms with E-state index in [0.29, 0.717) is 23.5 Å². The van der Waals surface area contributed by atoms with Crippen molar-refractivity contribution in [3.63, 3.8) is 0 Å². The van der Waals surface area contributed by atoms with Crippen LogP contribution in [0.3, 0.4) is 0 Å². The van der Waals surface area contributed by atoms with Gasteiger partial charge in [0, 0.05) is 13.2 Å². The summed E-state index contributed by atoms with van der Waals surface area (Å²) in [6.45, 7) is 0.692. The highest BCUT2D eigenvalue weighted by Gasteiger charge is 2.14. The molecular formula is C10H13N5O2S. The summed E-state index contributed by atoms with van der Waals surface area (Å²) in [7, 11) is 0. The lowest BCUT2D eigenvalue weighted by Crippen LogP contribution is -2.24. The molecule has 1 amide bonds. The van der Waals surface area contributed by atoms with Gasteiger partial charge in [-0.3, -0.25) is 4.79 Å². The lowest BCUT2D eigenvalue weighted by molar-refractivity contribution is 0.0956. The minimum absolute atomic E-state index is 0.144. The van der Waals surface area contributed by atoms with E-state index in [2.05, 4.69) is 20.8 Å². The standard InChI is InChI=1S/C10H13N5O2S/c16-5-2-1-4-11-10(17)9-8(3-6-18-9)15-7-12-13-14-15/h3,6-7,16H,1-2,4-5H2,(H,11,17). The molecule has 0 radical (unpaired) electrons. The number of nitrogens with one attached hydrogen (secondary N) is 1. The fourth-order valence-corrected chi connectivity index (χ4v) is 2.24. The Hall–Kier alpha value is -1.80. The number of amides is 1. The van der Waals surface area contributed by atoms with E-state index in [0.717, 1.165) is 6.42 Å². The van der Waals surface area contributed by atoms with E-state index in [1.165, 1.54) is 22.3 Å². The third-order valence-electron chi connectivity index (χ3n) is 2.32. The first-order valence-electron chi connectivity index (χ1n) is 5.53. The predicted octanol–water partition coefficient (Wildman–Crippen LogP) is 0.226. The van der Waals surface area contributed by atoms with E-state index in [1.807, 2.05) is 5.38 Å². The number of carbonyl (C=O) groups is 1. The van der Waals surface area contributed by atoms with Gasteiger partial charge in [0.1, 0.15) is 11.2 Å². The largest absolute Gasteiger partial charge is 0.396 e. The van der Waals surface area contributed by atoms with Gasteiger partial charge in [0.25, 0.3) is 5.91 Å². The highest BCUT2D eigenvalue weighted by atomic mass is 32.1. The van der Waals surface area contributed by atoms with Crippen LogP contribution in [0.1, 0.15) is 22.5 Å². The van der Waals surface area contributed by atoms with Crippen molar-refractivity contribution in [3.8, 4) is 5.69 Å². The molecule has 18 heavy (non-hydrogen) atoms. The Morgan fingerprint density at radius 3 is 3.11 bits per heavy atom. The Kier molecular flexibility index (Phi) is 4.37. The van der Waals surface area contributed by atoms with Crippen LogP contribution in [0.2, 0.25) is 0 Å². The Morgan fingerprint density at radius 1 is 1.50 bits per heavy atom. The first kappa shape index (κ1) is 12.7. The van der Waals surface area contributed by atoms with E-state index >= 15 is 0 Å². The molecule has 0 saturated carbocycles. The molecule has 8 heteroatoms. The van der Waals surface area contributed by atoms with Crippen molar-refractivity contribution in [2.75, 3.05) is 13.2 Å². The maximum absolute atomic E-state index is 11.9. The van der Waals surface area contributed by atoms with Gasteiger partial charge in [-0.1, -0.05) is 0 Å². The number of carbonyl (C=O) groups excluding carboxylic acids is 1. The van der Waals surface area contributed by atoms with Crippen molar-refractivity contribution >= 4 is 17.2 Å². The normalized spacial score (nSPS) is 10.5. The number of unbranched alkanes of at least 4 members (excludes halogenated alkanes) is 1. The number of tetrazole rings is 1. The van der Waals surface area contributed by atoms with Gasteiger partial charge in [0.15, 0.2) is 0 Å². The molecule has 2 heterocycles. The molecule has 0 fully saturated rings. The van der Waals surface area contributed by atoms with E-state index in [-0.39, 0.29) is 12.5 Å². The number of hydrogen-bond acceptors (Lipinski definition) is 6. The number of aliphatic hydroxyl groups is 1. The molecule has 0 aliphatic heterocycles. The number of rotatable bonds is 6. The molecule has 2 aromatic rings. The quantitative estimate of drug-likeness (QED) is 0.731. The van der Waals surface area contributed by atoms with E-state index < -0.39 is 0 Å². The second-order valence-corrected chi connectivity index (χ2v) is 4.49. The lowest BCUT2D eigenvalue weighted by atomic mass is 10.3. The first-order chi connectivity index (χ1) is 8.83. The van der Waals surface area contributed by atoms with Crippen molar-refractivity contribution in [1.29, 1.82) is 0 Å². The third kappa shape index (κ3) is 2.90. The highest BCUT2D eigenvalue weighted by Crippen LogP contribution is 2.19. The average Bonchev–Trinajstić information content (AvgIpc) is 3.02. The summed E-state index contributed by atoms with van der Waals surface area (Å²) >= 11 is 1.34. The van der Waals surface area contributed by atoms with Crippen LogP contribution in [-0.4, -0.2) is 44.4 Å². The Morgan fingerprint density at radius 2 is 2.39 bits per heavy atom. The van der Waals surface area contributed by atoms with E-state index in [4.69, 9.17) is 5.11 Å². The molecule has 2 rings (SSSR count). The zero-order valence-corrected chi connectivity index (χ0v) is 10.4. The van der Waals surface area contributed by atoms with Crippen LogP contribution in [-0.2, 0) is 0 Å². The lowest BCUT2D eigenvalue weighted by Gasteiger charge is -2.04. The number of thiophene rings is 1. The maximum Gasteiger partial charge on any atom is 0.263 e.